The molecule has 0 aliphatic heterocycles. The molecule has 1 aliphatic carbocycles. The minimum atomic E-state index is -0.522. The van der Waals surface area contributed by atoms with Gasteiger partial charge in [0.25, 0.3) is 5.69 Å². The molecular formula is C11H12Cl2N2O3. The van der Waals surface area contributed by atoms with Crippen molar-refractivity contribution in [1.29, 1.82) is 0 Å². The van der Waals surface area contributed by atoms with Crippen LogP contribution in [0.5, 0.6) is 0 Å². The van der Waals surface area contributed by atoms with Crippen LogP contribution in [-0.4, -0.2) is 24.2 Å². The third-order valence-corrected chi connectivity index (χ3v) is 3.61. The van der Waals surface area contributed by atoms with E-state index in [0.29, 0.717) is 5.69 Å². The van der Waals surface area contributed by atoms with E-state index in [0.717, 1.165) is 12.8 Å². The van der Waals surface area contributed by atoms with E-state index in [1.54, 1.807) is 7.11 Å². The summed E-state index contributed by atoms with van der Waals surface area (Å²) in [6.07, 6.45) is 2.01. The van der Waals surface area contributed by atoms with Gasteiger partial charge in [0.05, 0.1) is 26.8 Å². The van der Waals surface area contributed by atoms with E-state index in [9.17, 15) is 10.1 Å². The molecule has 0 unspecified atom stereocenters. The Labute approximate surface area is 114 Å². The number of rotatable bonds is 4. The number of ether oxygens (including phenoxy) is 1. The Hall–Kier alpha value is -1.04. The summed E-state index contributed by atoms with van der Waals surface area (Å²) >= 11 is 12.0. The fraction of sp³-hybridized carbons (Fsp3) is 0.455. The van der Waals surface area contributed by atoms with Crippen molar-refractivity contribution in [2.45, 2.75) is 25.0 Å². The van der Waals surface area contributed by atoms with Crippen LogP contribution in [-0.2, 0) is 4.74 Å². The van der Waals surface area contributed by atoms with E-state index in [4.69, 9.17) is 27.9 Å². The van der Waals surface area contributed by atoms with Crippen LogP contribution >= 0.6 is 23.2 Å². The van der Waals surface area contributed by atoms with Gasteiger partial charge in [0, 0.05) is 25.3 Å². The summed E-state index contributed by atoms with van der Waals surface area (Å²) in [5.41, 5.74) is 0.433. The number of benzene rings is 1. The number of methoxy groups -OCH3 is 1. The van der Waals surface area contributed by atoms with Gasteiger partial charge in [-0.15, -0.1) is 0 Å². The lowest BCUT2D eigenvalue weighted by Gasteiger charge is -2.35. The van der Waals surface area contributed by atoms with E-state index < -0.39 is 4.92 Å². The zero-order valence-corrected chi connectivity index (χ0v) is 11.2. The fourth-order valence-electron chi connectivity index (χ4n) is 1.88. The molecule has 0 atom stereocenters. The van der Waals surface area contributed by atoms with E-state index in [1.165, 1.54) is 12.1 Å². The highest BCUT2D eigenvalue weighted by Crippen LogP contribution is 2.37. The molecule has 0 heterocycles. The third-order valence-electron chi connectivity index (χ3n) is 3.01. The Morgan fingerprint density at radius 1 is 1.39 bits per heavy atom. The number of nitro benzene ring substituents is 1. The van der Waals surface area contributed by atoms with Crippen molar-refractivity contribution in [2.75, 3.05) is 12.4 Å². The van der Waals surface area contributed by atoms with Crippen molar-refractivity contribution < 1.29 is 9.66 Å². The highest BCUT2D eigenvalue weighted by molar-refractivity contribution is 6.39. The van der Waals surface area contributed by atoms with Gasteiger partial charge in [-0.2, -0.15) is 0 Å². The van der Waals surface area contributed by atoms with Gasteiger partial charge in [0.2, 0.25) is 0 Å². The molecule has 1 aromatic carbocycles. The van der Waals surface area contributed by atoms with Gasteiger partial charge in [-0.3, -0.25) is 10.1 Å². The molecule has 0 aromatic heterocycles. The zero-order valence-electron chi connectivity index (χ0n) is 9.65. The van der Waals surface area contributed by atoms with E-state index in [2.05, 4.69) is 5.32 Å². The Morgan fingerprint density at radius 3 is 2.39 bits per heavy atom. The van der Waals surface area contributed by atoms with Crippen LogP contribution in [0.2, 0.25) is 10.0 Å². The Balaban J connectivity index is 2.12. The summed E-state index contributed by atoms with van der Waals surface area (Å²) in [6.45, 7) is 0. The van der Waals surface area contributed by atoms with Crippen LogP contribution in [0.3, 0.4) is 0 Å². The molecule has 0 saturated heterocycles. The zero-order chi connectivity index (χ0) is 13.3. The van der Waals surface area contributed by atoms with Crippen LogP contribution in [0, 0.1) is 10.1 Å². The normalized spacial score (nSPS) is 22.4. The second-order valence-electron chi connectivity index (χ2n) is 4.21. The number of anilines is 1. The SMILES string of the molecule is COC1CC(Nc2c(Cl)cc([N+](=O)[O-])cc2Cl)C1. The molecule has 1 fully saturated rings. The molecule has 1 saturated carbocycles. The number of nitrogens with zero attached hydrogens (tertiary/aromatic N) is 1. The molecule has 0 bridgehead atoms. The quantitative estimate of drug-likeness (QED) is 0.681. The van der Waals surface area contributed by atoms with Crippen LogP contribution in [0.1, 0.15) is 12.8 Å². The number of nitro groups is 1. The average Bonchev–Trinajstić information content (AvgIpc) is 2.25. The van der Waals surface area contributed by atoms with Crippen molar-refractivity contribution in [1.82, 2.24) is 0 Å². The van der Waals surface area contributed by atoms with Crippen LogP contribution in [0.4, 0.5) is 11.4 Å². The maximum absolute atomic E-state index is 10.6. The monoisotopic (exact) mass is 290 g/mol. The second kappa shape index (κ2) is 5.30. The molecule has 1 aliphatic rings. The maximum atomic E-state index is 10.6. The number of hydrogen-bond acceptors (Lipinski definition) is 4. The standard InChI is InChI=1S/C11H12Cl2N2O3/c1-18-8-2-6(3-8)14-11-9(12)4-7(15(16)17)5-10(11)13/h4-6,8,14H,2-3H2,1H3. The predicted molar refractivity (Wildman–Crippen MR) is 70.6 cm³/mol. The van der Waals surface area contributed by atoms with Gasteiger partial charge in [0.1, 0.15) is 0 Å². The lowest BCUT2D eigenvalue weighted by atomic mass is 9.89. The van der Waals surface area contributed by atoms with Crippen molar-refractivity contribution in [3.8, 4) is 0 Å². The number of hydrogen-bond donors (Lipinski definition) is 1. The van der Waals surface area contributed by atoms with Crippen molar-refractivity contribution in [3.63, 3.8) is 0 Å². The molecular weight excluding hydrogens is 279 g/mol. The predicted octanol–water partition coefficient (Wildman–Crippen LogP) is 3.49. The van der Waals surface area contributed by atoms with Gasteiger partial charge >= 0.3 is 0 Å². The second-order valence-corrected chi connectivity index (χ2v) is 5.03. The lowest BCUT2D eigenvalue weighted by Crippen LogP contribution is -2.40. The minimum Gasteiger partial charge on any atom is -0.381 e. The Bertz CT molecular complexity index is 452. The molecule has 18 heavy (non-hydrogen) atoms. The number of nitrogens with one attached hydrogen (secondary N) is 1. The highest BCUT2D eigenvalue weighted by atomic mass is 35.5. The summed E-state index contributed by atoms with van der Waals surface area (Å²) in [6, 6.07) is 2.83. The van der Waals surface area contributed by atoms with Gasteiger partial charge in [-0.05, 0) is 12.8 Å². The highest BCUT2D eigenvalue weighted by Gasteiger charge is 2.30. The first-order chi connectivity index (χ1) is 8.51. The van der Waals surface area contributed by atoms with Crippen molar-refractivity contribution in [3.05, 3.63) is 32.3 Å². The van der Waals surface area contributed by atoms with Crippen molar-refractivity contribution in [2.24, 2.45) is 0 Å². The molecule has 98 valence electrons. The Kier molecular flexibility index (Phi) is 3.94. The van der Waals surface area contributed by atoms with E-state index >= 15 is 0 Å². The number of halogens is 2. The van der Waals surface area contributed by atoms with Crippen LogP contribution in [0.15, 0.2) is 12.1 Å². The van der Waals surface area contributed by atoms with Gasteiger partial charge < -0.3 is 10.1 Å². The Morgan fingerprint density at radius 2 is 1.94 bits per heavy atom. The average molecular weight is 291 g/mol. The minimum absolute atomic E-state index is 0.112. The molecule has 0 radical (unpaired) electrons. The maximum Gasteiger partial charge on any atom is 0.272 e. The largest absolute Gasteiger partial charge is 0.381 e. The number of non-ortho nitro benzene ring substituents is 1. The van der Waals surface area contributed by atoms with Crippen molar-refractivity contribution >= 4 is 34.6 Å². The fourth-order valence-corrected chi connectivity index (χ4v) is 2.47. The molecule has 1 N–H and O–H groups in total. The molecule has 5 nitrogen and oxygen atoms in total. The third kappa shape index (κ3) is 2.68. The van der Waals surface area contributed by atoms with Crippen LogP contribution in [0.25, 0.3) is 0 Å². The summed E-state index contributed by atoms with van der Waals surface area (Å²) in [5.74, 6) is 0. The summed E-state index contributed by atoms with van der Waals surface area (Å²) < 4.78 is 5.17. The summed E-state index contributed by atoms with van der Waals surface area (Å²) in [7, 11) is 1.67. The topological polar surface area (TPSA) is 64.4 Å². The molecule has 0 spiro atoms. The molecule has 7 heteroatoms. The van der Waals surface area contributed by atoms with Gasteiger partial charge in [0.15, 0.2) is 0 Å². The van der Waals surface area contributed by atoms with Gasteiger partial charge in [-0.1, -0.05) is 23.2 Å². The molecule has 1 aromatic rings. The first kappa shape index (κ1) is 13.4. The summed E-state index contributed by atoms with van der Waals surface area (Å²) in [5, 5.41) is 14.3. The van der Waals surface area contributed by atoms with E-state index in [-0.39, 0.29) is 27.9 Å². The van der Waals surface area contributed by atoms with Crippen LogP contribution < -0.4 is 5.32 Å². The first-order valence-corrected chi connectivity index (χ1v) is 6.19. The van der Waals surface area contributed by atoms with Gasteiger partial charge in [-0.25, -0.2) is 0 Å². The summed E-state index contributed by atoms with van der Waals surface area (Å²) in [4.78, 5) is 10.1. The smallest absolute Gasteiger partial charge is 0.272 e. The van der Waals surface area contributed by atoms with E-state index in [1.807, 2.05) is 0 Å². The molecule has 0 amide bonds. The first-order valence-electron chi connectivity index (χ1n) is 5.44. The molecule has 2 rings (SSSR count). The lowest BCUT2D eigenvalue weighted by molar-refractivity contribution is -0.384.